The SMILES string of the molecule is CCC(O)CCCCCC(CCCCCCCCC(=O)O)OCc1ccccc1. The number of ether oxygens (including phenoxy) is 1. The average molecular weight is 407 g/mol. The van der Waals surface area contributed by atoms with Crippen molar-refractivity contribution in [1.82, 2.24) is 0 Å². The second kappa shape index (κ2) is 17.5. The van der Waals surface area contributed by atoms with Gasteiger partial charge in [0.25, 0.3) is 0 Å². The summed E-state index contributed by atoms with van der Waals surface area (Å²) in [5, 5.41) is 18.3. The molecule has 4 heteroatoms. The Morgan fingerprint density at radius 2 is 1.41 bits per heavy atom. The van der Waals surface area contributed by atoms with Crippen molar-refractivity contribution in [3.05, 3.63) is 35.9 Å². The van der Waals surface area contributed by atoms with E-state index >= 15 is 0 Å². The van der Waals surface area contributed by atoms with Gasteiger partial charge in [0.1, 0.15) is 0 Å². The zero-order valence-electron chi connectivity index (χ0n) is 18.4. The van der Waals surface area contributed by atoms with E-state index in [1.165, 1.54) is 24.8 Å². The first kappa shape index (κ1) is 25.6. The highest BCUT2D eigenvalue weighted by Gasteiger charge is 2.10. The van der Waals surface area contributed by atoms with Crippen LogP contribution in [0.5, 0.6) is 0 Å². The van der Waals surface area contributed by atoms with E-state index < -0.39 is 5.97 Å². The molecule has 0 heterocycles. The highest BCUT2D eigenvalue weighted by atomic mass is 16.5. The van der Waals surface area contributed by atoms with Gasteiger partial charge in [0.05, 0.1) is 18.8 Å². The largest absolute Gasteiger partial charge is 0.481 e. The van der Waals surface area contributed by atoms with Gasteiger partial charge in [-0.3, -0.25) is 4.79 Å². The van der Waals surface area contributed by atoms with E-state index in [1.807, 2.05) is 13.0 Å². The maximum atomic E-state index is 10.5. The van der Waals surface area contributed by atoms with Crippen molar-refractivity contribution in [2.24, 2.45) is 0 Å². The third-order valence-electron chi connectivity index (χ3n) is 5.53. The highest BCUT2D eigenvalue weighted by molar-refractivity contribution is 5.66. The number of rotatable bonds is 19. The molecule has 4 nitrogen and oxygen atoms in total. The molecular formula is C25H42O4. The van der Waals surface area contributed by atoms with Crippen molar-refractivity contribution in [3.63, 3.8) is 0 Å². The quantitative estimate of drug-likeness (QED) is 0.257. The molecule has 0 amide bonds. The first-order valence-electron chi connectivity index (χ1n) is 11.7. The lowest BCUT2D eigenvalue weighted by atomic mass is 10.0. The van der Waals surface area contributed by atoms with Gasteiger partial charge < -0.3 is 14.9 Å². The summed E-state index contributed by atoms with van der Waals surface area (Å²) < 4.78 is 6.23. The Hall–Kier alpha value is -1.39. The molecule has 0 aliphatic carbocycles. The summed E-state index contributed by atoms with van der Waals surface area (Å²) in [7, 11) is 0. The molecule has 0 spiro atoms. The highest BCUT2D eigenvalue weighted by Crippen LogP contribution is 2.18. The second-order valence-corrected chi connectivity index (χ2v) is 8.17. The minimum atomic E-state index is -0.687. The molecule has 0 saturated heterocycles. The van der Waals surface area contributed by atoms with Gasteiger partial charge in [0, 0.05) is 6.42 Å². The van der Waals surface area contributed by atoms with Crippen LogP contribution in [0.1, 0.15) is 102 Å². The zero-order valence-corrected chi connectivity index (χ0v) is 18.4. The number of hydrogen-bond acceptors (Lipinski definition) is 3. The molecular weight excluding hydrogens is 364 g/mol. The molecule has 2 N–H and O–H groups in total. The number of aliphatic hydroxyl groups excluding tert-OH is 1. The molecule has 2 atom stereocenters. The van der Waals surface area contributed by atoms with Crippen LogP contribution in [-0.4, -0.2) is 28.4 Å². The van der Waals surface area contributed by atoms with Gasteiger partial charge >= 0.3 is 5.97 Å². The third kappa shape index (κ3) is 15.2. The number of carboxylic acids is 1. The molecule has 2 unspecified atom stereocenters. The normalized spacial score (nSPS) is 13.3. The fourth-order valence-corrected chi connectivity index (χ4v) is 3.59. The van der Waals surface area contributed by atoms with Crippen molar-refractivity contribution >= 4 is 5.97 Å². The van der Waals surface area contributed by atoms with Crippen LogP contribution in [0, 0.1) is 0 Å². The minimum Gasteiger partial charge on any atom is -0.481 e. The fraction of sp³-hybridized carbons (Fsp3) is 0.720. The second-order valence-electron chi connectivity index (χ2n) is 8.17. The Labute approximate surface area is 177 Å². The molecule has 0 bridgehead atoms. The molecule has 1 aromatic carbocycles. The summed E-state index contributed by atoms with van der Waals surface area (Å²) in [4.78, 5) is 10.5. The zero-order chi connectivity index (χ0) is 21.2. The van der Waals surface area contributed by atoms with Gasteiger partial charge in [-0.05, 0) is 37.7 Å². The average Bonchev–Trinajstić information content (AvgIpc) is 2.73. The van der Waals surface area contributed by atoms with E-state index in [-0.39, 0.29) is 6.10 Å². The van der Waals surface area contributed by atoms with Gasteiger partial charge in [-0.1, -0.05) is 88.6 Å². The lowest BCUT2D eigenvalue weighted by Gasteiger charge is -2.18. The standard InChI is InChI=1S/C25H42O4/c1-2-23(26)17-11-8-13-19-24(29-21-22-15-9-7-10-16-22)18-12-5-3-4-6-14-20-25(27)28/h7,9-10,15-16,23-24,26H,2-6,8,11-14,17-21H2,1H3,(H,27,28). The maximum Gasteiger partial charge on any atom is 0.303 e. The van der Waals surface area contributed by atoms with E-state index in [2.05, 4.69) is 24.3 Å². The molecule has 0 saturated carbocycles. The summed E-state index contributed by atoms with van der Waals surface area (Å²) in [5.41, 5.74) is 1.22. The Kier molecular flexibility index (Phi) is 15.4. The van der Waals surface area contributed by atoms with Crippen molar-refractivity contribution in [1.29, 1.82) is 0 Å². The van der Waals surface area contributed by atoms with E-state index in [1.54, 1.807) is 0 Å². The van der Waals surface area contributed by atoms with Crippen LogP contribution >= 0.6 is 0 Å². The topological polar surface area (TPSA) is 66.8 Å². The first-order valence-corrected chi connectivity index (χ1v) is 11.7. The van der Waals surface area contributed by atoms with Crippen LogP contribution in [0.15, 0.2) is 30.3 Å². The van der Waals surface area contributed by atoms with E-state index in [4.69, 9.17) is 9.84 Å². The Morgan fingerprint density at radius 1 is 0.862 bits per heavy atom. The van der Waals surface area contributed by atoms with Crippen LogP contribution in [0.3, 0.4) is 0 Å². The van der Waals surface area contributed by atoms with Crippen molar-refractivity contribution < 1.29 is 19.7 Å². The van der Waals surface area contributed by atoms with Crippen LogP contribution < -0.4 is 0 Å². The fourth-order valence-electron chi connectivity index (χ4n) is 3.59. The van der Waals surface area contributed by atoms with E-state index in [0.29, 0.717) is 19.1 Å². The molecule has 0 fully saturated rings. The minimum absolute atomic E-state index is 0.143. The summed E-state index contributed by atoms with van der Waals surface area (Å²) in [6.07, 6.45) is 14.3. The Balaban J connectivity index is 2.22. The molecule has 166 valence electrons. The number of aliphatic carboxylic acids is 1. The Bertz CT molecular complexity index is 503. The number of aliphatic hydroxyl groups is 1. The molecule has 0 aliphatic rings. The molecule has 1 rings (SSSR count). The van der Waals surface area contributed by atoms with Gasteiger partial charge in [0.15, 0.2) is 0 Å². The molecule has 0 aliphatic heterocycles. The first-order chi connectivity index (χ1) is 14.1. The lowest BCUT2D eigenvalue weighted by Crippen LogP contribution is -2.13. The van der Waals surface area contributed by atoms with Crippen molar-refractivity contribution in [3.8, 4) is 0 Å². The lowest BCUT2D eigenvalue weighted by molar-refractivity contribution is -0.137. The predicted molar refractivity (Wildman–Crippen MR) is 119 cm³/mol. The van der Waals surface area contributed by atoms with Gasteiger partial charge in [0.2, 0.25) is 0 Å². The van der Waals surface area contributed by atoms with Crippen molar-refractivity contribution in [2.45, 2.75) is 116 Å². The maximum absolute atomic E-state index is 10.5. The number of unbranched alkanes of at least 4 members (excludes halogenated alkanes) is 7. The Morgan fingerprint density at radius 3 is 2.03 bits per heavy atom. The monoisotopic (exact) mass is 406 g/mol. The van der Waals surface area contributed by atoms with Crippen LogP contribution in [0.2, 0.25) is 0 Å². The number of hydrogen-bond donors (Lipinski definition) is 2. The van der Waals surface area contributed by atoms with E-state index in [0.717, 1.165) is 64.2 Å². The molecule has 29 heavy (non-hydrogen) atoms. The van der Waals surface area contributed by atoms with Gasteiger partial charge in [-0.2, -0.15) is 0 Å². The smallest absolute Gasteiger partial charge is 0.303 e. The van der Waals surface area contributed by atoms with Crippen LogP contribution in [0.25, 0.3) is 0 Å². The van der Waals surface area contributed by atoms with Crippen molar-refractivity contribution in [2.75, 3.05) is 0 Å². The summed E-state index contributed by atoms with van der Waals surface area (Å²) >= 11 is 0. The van der Waals surface area contributed by atoms with Gasteiger partial charge in [-0.25, -0.2) is 0 Å². The van der Waals surface area contributed by atoms with E-state index in [9.17, 15) is 9.90 Å². The number of carbonyl (C=O) groups is 1. The molecule has 0 radical (unpaired) electrons. The third-order valence-corrected chi connectivity index (χ3v) is 5.53. The van der Waals surface area contributed by atoms with Gasteiger partial charge in [-0.15, -0.1) is 0 Å². The summed E-state index contributed by atoms with van der Waals surface area (Å²) in [6, 6.07) is 10.4. The summed E-state index contributed by atoms with van der Waals surface area (Å²) in [6.45, 7) is 2.71. The summed E-state index contributed by atoms with van der Waals surface area (Å²) in [5.74, 6) is -0.687. The van der Waals surface area contributed by atoms with Crippen LogP contribution in [0.4, 0.5) is 0 Å². The molecule has 0 aromatic heterocycles. The van der Waals surface area contributed by atoms with Crippen LogP contribution in [-0.2, 0) is 16.1 Å². The number of carboxylic acid groups (broad SMARTS) is 1. The predicted octanol–water partition coefficient (Wildman–Crippen LogP) is 6.50. The number of benzene rings is 1. The molecule has 1 aromatic rings.